The number of rotatable bonds is 3. The largest absolute Gasteiger partial charge is 0.373 e. The number of hydrogen-bond acceptors (Lipinski definition) is 3. The van der Waals surface area contributed by atoms with Crippen molar-refractivity contribution in [3.05, 3.63) is 30.1 Å². The molecule has 1 aromatic heterocycles. The first-order valence-electron chi connectivity index (χ1n) is 7.46. The lowest BCUT2D eigenvalue weighted by molar-refractivity contribution is -0.0678. The molecule has 1 aliphatic heterocycles. The highest BCUT2D eigenvalue weighted by Crippen LogP contribution is 2.26. The summed E-state index contributed by atoms with van der Waals surface area (Å²) in [7, 11) is 2.00. The summed E-state index contributed by atoms with van der Waals surface area (Å²) < 4.78 is 7.79. The van der Waals surface area contributed by atoms with Crippen molar-refractivity contribution in [2.75, 3.05) is 19.6 Å². The molecular formula is C16H22ClN3O. The first kappa shape index (κ1) is 14.8. The van der Waals surface area contributed by atoms with Gasteiger partial charge in [0.25, 0.3) is 0 Å². The maximum atomic E-state index is 6.63. The summed E-state index contributed by atoms with van der Waals surface area (Å²) in [4.78, 5) is 6.79. The molecule has 1 aliphatic rings. The molecule has 2 heterocycles. The van der Waals surface area contributed by atoms with Crippen molar-refractivity contribution in [1.82, 2.24) is 14.5 Å². The Morgan fingerprint density at radius 1 is 1.33 bits per heavy atom. The summed E-state index contributed by atoms with van der Waals surface area (Å²) in [5, 5.41) is -0.0195. The second-order valence-corrected chi connectivity index (χ2v) is 6.57. The molecule has 1 fully saturated rings. The molecule has 5 heteroatoms. The van der Waals surface area contributed by atoms with Crippen LogP contribution in [0.15, 0.2) is 24.5 Å². The van der Waals surface area contributed by atoms with Gasteiger partial charge in [0.2, 0.25) is 0 Å². The molecule has 1 aromatic carbocycles. The second kappa shape index (κ2) is 5.95. The first-order chi connectivity index (χ1) is 10.0. The maximum absolute atomic E-state index is 6.63. The topological polar surface area (TPSA) is 30.3 Å². The lowest BCUT2D eigenvalue weighted by atomic mass is 10.1. The van der Waals surface area contributed by atoms with E-state index in [-0.39, 0.29) is 17.6 Å². The van der Waals surface area contributed by atoms with Crippen molar-refractivity contribution in [3.63, 3.8) is 0 Å². The number of aryl methyl sites for hydroxylation is 1. The highest BCUT2D eigenvalue weighted by Gasteiger charge is 2.24. The number of morpholine rings is 1. The van der Waals surface area contributed by atoms with Gasteiger partial charge in [-0.05, 0) is 31.5 Å². The number of nitrogens with zero attached hydrogens (tertiary/aromatic N) is 3. The monoisotopic (exact) mass is 307 g/mol. The SMILES string of the molecule is CC1CN(CC(Cl)c2ccc3c(c2)ncn3C)CC(C)O1. The summed E-state index contributed by atoms with van der Waals surface area (Å²) in [5.74, 6) is 0. The molecule has 3 rings (SSSR count). The number of halogens is 1. The van der Waals surface area contributed by atoms with Crippen molar-refractivity contribution in [2.45, 2.75) is 31.4 Å². The molecule has 114 valence electrons. The molecule has 2 aromatic rings. The van der Waals surface area contributed by atoms with Crippen LogP contribution in [0.2, 0.25) is 0 Å². The Morgan fingerprint density at radius 2 is 2.05 bits per heavy atom. The molecule has 21 heavy (non-hydrogen) atoms. The summed E-state index contributed by atoms with van der Waals surface area (Å²) in [6.07, 6.45) is 2.38. The van der Waals surface area contributed by atoms with Crippen molar-refractivity contribution >= 4 is 22.6 Å². The van der Waals surface area contributed by atoms with Gasteiger partial charge in [0.15, 0.2) is 0 Å². The molecule has 0 saturated carbocycles. The van der Waals surface area contributed by atoms with Gasteiger partial charge in [-0.15, -0.1) is 11.6 Å². The fraction of sp³-hybridized carbons (Fsp3) is 0.562. The van der Waals surface area contributed by atoms with E-state index in [4.69, 9.17) is 16.3 Å². The van der Waals surface area contributed by atoms with Crippen molar-refractivity contribution in [2.24, 2.45) is 7.05 Å². The van der Waals surface area contributed by atoms with E-state index in [0.29, 0.717) is 0 Å². The van der Waals surface area contributed by atoms with Crippen LogP contribution < -0.4 is 0 Å². The van der Waals surface area contributed by atoms with Gasteiger partial charge in [-0.3, -0.25) is 4.90 Å². The third kappa shape index (κ3) is 3.23. The standard InChI is InChI=1S/C16H22ClN3O/c1-11-7-20(8-12(2)21-11)9-14(17)13-4-5-16-15(6-13)18-10-19(16)3/h4-6,10-12,14H,7-9H2,1-3H3. The minimum absolute atomic E-state index is 0.0195. The summed E-state index contributed by atoms with van der Waals surface area (Å²) in [6, 6.07) is 6.30. The quantitative estimate of drug-likeness (QED) is 0.817. The van der Waals surface area contributed by atoms with E-state index >= 15 is 0 Å². The van der Waals surface area contributed by atoms with Crippen LogP contribution in [0.5, 0.6) is 0 Å². The predicted octanol–water partition coefficient (Wildman–Crippen LogP) is 2.96. The van der Waals surface area contributed by atoms with Crippen LogP contribution in [0.4, 0.5) is 0 Å². The van der Waals surface area contributed by atoms with E-state index in [1.165, 1.54) is 0 Å². The van der Waals surface area contributed by atoms with E-state index in [9.17, 15) is 0 Å². The summed E-state index contributed by atoms with van der Waals surface area (Å²) in [6.45, 7) is 6.97. The van der Waals surface area contributed by atoms with Gasteiger partial charge in [0.05, 0.1) is 34.9 Å². The van der Waals surface area contributed by atoms with Crippen LogP contribution in [0, 0.1) is 0 Å². The molecule has 3 unspecified atom stereocenters. The Hall–Kier alpha value is -1.10. The van der Waals surface area contributed by atoms with Gasteiger partial charge in [-0.25, -0.2) is 4.98 Å². The molecule has 1 saturated heterocycles. The van der Waals surface area contributed by atoms with Crippen LogP contribution in [0.3, 0.4) is 0 Å². The van der Waals surface area contributed by atoms with E-state index in [1.807, 2.05) is 17.9 Å². The second-order valence-electron chi connectivity index (χ2n) is 6.05. The van der Waals surface area contributed by atoms with E-state index in [0.717, 1.165) is 36.2 Å². The number of hydrogen-bond donors (Lipinski definition) is 0. The average molecular weight is 308 g/mol. The molecular weight excluding hydrogens is 286 g/mol. The molecule has 0 spiro atoms. The minimum Gasteiger partial charge on any atom is -0.373 e. The van der Waals surface area contributed by atoms with Crippen LogP contribution >= 0.6 is 11.6 Å². The van der Waals surface area contributed by atoms with Crippen LogP contribution in [-0.2, 0) is 11.8 Å². The zero-order valence-corrected chi connectivity index (χ0v) is 13.5. The van der Waals surface area contributed by atoms with Crippen molar-refractivity contribution in [1.29, 1.82) is 0 Å². The van der Waals surface area contributed by atoms with Gasteiger partial charge < -0.3 is 9.30 Å². The Balaban J connectivity index is 1.72. The summed E-state index contributed by atoms with van der Waals surface area (Å²) in [5.41, 5.74) is 3.27. The minimum atomic E-state index is -0.0195. The third-order valence-corrected chi connectivity index (χ3v) is 4.41. The van der Waals surface area contributed by atoms with Gasteiger partial charge in [0, 0.05) is 26.7 Å². The zero-order valence-electron chi connectivity index (χ0n) is 12.8. The Kier molecular flexibility index (Phi) is 4.20. The molecule has 0 bridgehead atoms. The highest BCUT2D eigenvalue weighted by molar-refractivity contribution is 6.21. The van der Waals surface area contributed by atoms with Gasteiger partial charge in [-0.2, -0.15) is 0 Å². The number of benzene rings is 1. The predicted molar refractivity (Wildman–Crippen MR) is 85.8 cm³/mol. The number of fused-ring (bicyclic) bond motifs is 1. The van der Waals surface area contributed by atoms with Crippen molar-refractivity contribution in [3.8, 4) is 0 Å². The molecule has 4 nitrogen and oxygen atoms in total. The number of ether oxygens (including phenoxy) is 1. The highest BCUT2D eigenvalue weighted by atomic mass is 35.5. The smallest absolute Gasteiger partial charge is 0.0955 e. The zero-order chi connectivity index (χ0) is 15.0. The molecule has 0 N–H and O–H groups in total. The summed E-state index contributed by atoms with van der Waals surface area (Å²) >= 11 is 6.63. The molecule has 0 amide bonds. The lowest BCUT2D eigenvalue weighted by Crippen LogP contribution is -2.46. The molecule has 0 aliphatic carbocycles. The number of alkyl halides is 1. The van der Waals surface area contributed by atoms with Gasteiger partial charge in [0.1, 0.15) is 0 Å². The fourth-order valence-corrected chi connectivity index (χ4v) is 3.44. The normalized spacial score (nSPS) is 25.3. The first-order valence-corrected chi connectivity index (χ1v) is 7.89. The van der Waals surface area contributed by atoms with Crippen LogP contribution in [-0.4, -0.2) is 46.3 Å². The van der Waals surface area contributed by atoms with Gasteiger partial charge in [-0.1, -0.05) is 6.07 Å². The average Bonchev–Trinajstić information content (AvgIpc) is 2.78. The molecule has 3 atom stereocenters. The molecule has 0 radical (unpaired) electrons. The van der Waals surface area contributed by atoms with Crippen LogP contribution in [0.1, 0.15) is 24.8 Å². The lowest BCUT2D eigenvalue weighted by Gasteiger charge is -2.36. The maximum Gasteiger partial charge on any atom is 0.0955 e. The third-order valence-electron chi connectivity index (χ3n) is 4.02. The number of imidazole rings is 1. The van der Waals surface area contributed by atoms with E-state index in [2.05, 4.69) is 41.9 Å². The number of aromatic nitrogens is 2. The Labute approximate surface area is 130 Å². The Morgan fingerprint density at radius 3 is 2.76 bits per heavy atom. The Bertz CT molecular complexity index is 617. The fourth-order valence-electron chi connectivity index (χ4n) is 3.11. The van der Waals surface area contributed by atoms with Crippen LogP contribution in [0.25, 0.3) is 11.0 Å². The van der Waals surface area contributed by atoms with E-state index in [1.54, 1.807) is 0 Å². The van der Waals surface area contributed by atoms with Gasteiger partial charge >= 0.3 is 0 Å². The van der Waals surface area contributed by atoms with E-state index < -0.39 is 0 Å². The van der Waals surface area contributed by atoms with Crippen molar-refractivity contribution < 1.29 is 4.74 Å².